The minimum atomic E-state index is 1.26. The van der Waals surface area contributed by atoms with Crippen LogP contribution < -0.4 is 0 Å². The van der Waals surface area contributed by atoms with Crippen molar-refractivity contribution < 1.29 is 0 Å². The largest absolute Gasteiger partial charge is 0.144 e. The fourth-order valence-corrected chi connectivity index (χ4v) is 7.93. The van der Waals surface area contributed by atoms with Crippen molar-refractivity contribution in [3.8, 4) is 22.3 Å². The molecule has 6 aromatic carbocycles. The van der Waals surface area contributed by atoms with Gasteiger partial charge in [-0.1, -0.05) is 97.1 Å². The van der Waals surface area contributed by atoms with E-state index in [0.29, 0.717) is 0 Å². The maximum Gasteiger partial charge on any atom is 0.0441 e. The van der Waals surface area contributed by atoms with Gasteiger partial charge in [0.05, 0.1) is 0 Å². The summed E-state index contributed by atoms with van der Waals surface area (Å²) in [6, 6.07) is 42.3. The Morgan fingerprint density at radius 2 is 1.00 bits per heavy atom. The first-order chi connectivity index (χ1) is 17.9. The molecule has 0 atom stereocenters. The van der Waals surface area contributed by atoms with Gasteiger partial charge in [-0.15, -0.1) is 22.7 Å². The predicted octanol–water partition coefficient (Wildman–Crippen LogP) is 10.9. The normalized spacial score (nSPS) is 11.9. The molecular weight excluding hydrogens is 473 g/mol. The minimum Gasteiger partial charge on any atom is -0.144 e. The van der Waals surface area contributed by atoms with E-state index in [1.165, 1.54) is 74.1 Å². The second kappa shape index (κ2) is 7.76. The van der Waals surface area contributed by atoms with Crippen molar-refractivity contribution in [2.75, 3.05) is 0 Å². The number of thiophene rings is 2. The molecule has 2 heterocycles. The maximum absolute atomic E-state index is 2.44. The van der Waals surface area contributed by atoms with Crippen LogP contribution in [0.4, 0.5) is 0 Å². The van der Waals surface area contributed by atoms with Crippen LogP contribution in [0.1, 0.15) is 0 Å². The summed E-state index contributed by atoms with van der Waals surface area (Å²) in [5.74, 6) is 0. The molecular formula is C34H20S2. The van der Waals surface area contributed by atoms with Crippen LogP contribution in [0.2, 0.25) is 0 Å². The van der Waals surface area contributed by atoms with Gasteiger partial charge in [-0.2, -0.15) is 0 Å². The van der Waals surface area contributed by atoms with E-state index in [-0.39, 0.29) is 0 Å². The predicted molar refractivity (Wildman–Crippen MR) is 161 cm³/mol. The van der Waals surface area contributed by atoms with Gasteiger partial charge < -0.3 is 0 Å². The summed E-state index contributed by atoms with van der Waals surface area (Å²) in [7, 11) is 0. The van der Waals surface area contributed by atoms with E-state index in [0.717, 1.165) is 0 Å². The summed E-state index contributed by atoms with van der Waals surface area (Å²) in [4.78, 5) is 0. The van der Waals surface area contributed by atoms with E-state index < -0.39 is 0 Å². The van der Waals surface area contributed by atoms with Gasteiger partial charge in [0.2, 0.25) is 0 Å². The fraction of sp³-hybridized carbons (Fsp3) is 0. The summed E-state index contributed by atoms with van der Waals surface area (Å²) in [5, 5.41) is 11.6. The molecule has 8 rings (SSSR count). The lowest BCUT2D eigenvalue weighted by Gasteiger charge is -2.18. The van der Waals surface area contributed by atoms with Crippen molar-refractivity contribution in [1.29, 1.82) is 0 Å². The van der Waals surface area contributed by atoms with Gasteiger partial charge in [0, 0.05) is 35.8 Å². The minimum absolute atomic E-state index is 1.26. The third kappa shape index (κ3) is 2.80. The molecule has 0 amide bonds. The summed E-state index contributed by atoms with van der Waals surface area (Å²) in [6.45, 7) is 0. The highest BCUT2D eigenvalue weighted by atomic mass is 32.1. The quantitative estimate of drug-likeness (QED) is 0.211. The van der Waals surface area contributed by atoms with Crippen molar-refractivity contribution in [1.82, 2.24) is 0 Å². The van der Waals surface area contributed by atoms with E-state index in [1.54, 1.807) is 0 Å². The number of rotatable bonds is 2. The Morgan fingerprint density at radius 3 is 1.69 bits per heavy atom. The van der Waals surface area contributed by atoms with Gasteiger partial charge in [0.1, 0.15) is 0 Å². The van der Waals surface area contributed by atoms with Crippen LogP contribution in [0.5, 0.6) is 0 Å². The number of hydrogen-bond acceptors (Lipinski definition) is 2. The van der Waals surface area contributed by atoms with Gasteiger partial charge in [0.15, 0.2) is 0 Å². The van der Waals surface area contributed by atoms with E-state index in [1.807, 2.05) is 22.7 Å². The van der Waals surface area contributed by atoms with Gasteiger partial charge in [-0.25, -0.2) is 0 Å². The summed E-state index contributed by atoms with van der Waals surface area (Å²) in [5.41, 5.74) is 5.26. The van der Waals surface area contributed by atoms with Crippen LogP contribution in [0, 0.1) is 0 Å². The van der Waals surface area contributed by atoms with E-state index in [4.69, 9.17) is 0 Å². The van der Waals surface area contributed by atoms with Crippen molar-refractivity contribution in [2.45, 2.75) is 0 Å². The van der Waals surface area contributed by atoms with Crippen LogP contribution in [0.3, 0.4) is 0 Å². The Kier molecular flexibility index (Phi) is 4.36. The van der Waals surface area contributed by atoms with E-state index >= 15 is 0 Å². The first-order valence-corrected chi connectivity index (χ1v) is 13.9. The topological polar surface area (TPSA) is 0 Å². The van der Waals surface area contributed by atoms with Crippen LogP contribution >= 0.6 is 22.7 Å². The van der Waals surface area contributed by atoms with E-state index in [9.17, 15) is 0 Å². The van der Waals surface area contributed by atoms with Gasteiger partial charge in [-0.3, -0.25) is 0 Å². The second-order valence-electron chi connectivity index (χ2n) is 9.27. The Morgan fingerprint density at radius 1 is 0.444 bits per heavy atom. The maximum atomic E-state index is 2.44. The molecule has 0 N–H and O–H groups in total. The first-order valence-electron chi connectivity index (χ1n) is 12.2. The van der Waals surface area contributed by atoms with Crippen LogP contribution in [0.25, 0.3) is 74.1 Å². The number of hydrogen-bond donors (Lipinski definition) is 0. The fourth-order valence-electron chi connectivity index (χ4n) is 5.86. The molecule has 168 valence electrons. The molecule has 0 saturated heterocycles. The van der Waals surface area contributed by atoms with Gasteiger partial charge in [-0.05, 0) is 61.8 Å². The van der Waals surface area contributed by atoms with Crippen LogP contribution in [-0.2, 0) is 0 Å². The molecule has 0 bridgehead atoms. The molecule has 0 spiro atoms. The monoisotopic (exact) mass is 492 g/mol. The number of fused-ring (bicyclic) bond motifs is 7. The average molecular weight is 493 g/mol. The standard InChI is InChI=1S/C34H20S2/c1-2-10-21(11-3-1)31-22-12-4-6-14-24(22)32(25-15-7-5-13-23(25)31)28-20-30-27(18-19-35-30)33-26-16-8-9-17-29(26)36-34(28)33/h1-20H. The molecule has 0 saturated carbocycles. The SMILES string of the molecule is c1ccc(-c2c3ccccc3c(-c3cc4sccc4c4c3sc3ccccc34)c3ccccc23)cc1. The Labute approximate surface area is 216 Å². The zero-order chi connectivity index (χ0) is 23.6. The molecule has 0 fully saturated rings. The molecule has 36 heavy (non-hydrogen) atoms. The van der Waals surface area contributed by atoms with Gasteiger partial charge in [0.25, 0.3) is 0 Å². The molecule has 0 aliphatic rings. The Hall–Kier alpha value is -3.98. The Bertz CT molecular complexity index is 2030. The lowest BCUT2D eigenvalue weighted by Crippen LogP contribution is -1.91. The number of benzene rings is 6. The van der Waals surface area contributed by atoms with Crippen LogP contribution in [0.15, 0.2) is 121 Å². The van der Waals surface area contributed by atoms with Crippen molar-refractivity contribution in [3.05, 3.63) is 121 Å². The third-order valence-electron chi connectivity index (χ3n) is 7.34. The summed E-state index contributed by atoms with van der Waals surface area (Å²) in [6.07, 6.45) is 0. The highest BCUT2D eigenvalue weighted by molar-refractivity contribution is 7.27. The van der Waals surface area contributed by atoms with E-state index in [2.05, 4.69) is 121 Å². The molecule has 0 nitrogen and oxygen atoms in total. The zero-order valence-electron chi connectivity index (χ0n) is 19.4. The lowest BCUT2D eigenvalue weighted by molar-refractivity contribution is 1.67. The third-order valence-corrected chi connectivity index (χ3v) is 9.41. The van der Waals surface area contributed by atoms with Crippen molar-refractivity contribution in [3.63, 3.8) is 0 Å². The summed E-state index contributed by atoms with van der Waals surface area (Å²) >= 11 is 3.76. The lowest BCUT2D eigenvalue weighted by atomic mass is 9.85. The van der Waals surface area contributed by atoms with Crippen LogP contribution in [-0.4, -0.2) is 0 Å². The molecule has 2 heteroatoms. The Balaban J connectivity index is 1.62. The first kappa shape index (κ1) is 20.2. The molecule has 0 radical (unpaired) electrons. The average Bonchev–Trinajstić information content (AvgIpc) is 3.56. The molecule has 8 aromatic rings. The molecule has 0 unspecified atom stereocenters. The highest BCUT2D eigenvalue weighted by Crippen LogP contribution is 2.50. The van der Waals surface area contributed by atoms with Crippen molar-refractivity contribution in [2.24, 2.45) is 0 Å². The molecule has 0 aliphatic carbocycles. The van der Waals surface area contributed by atoms with Crippen molar-refractivity contribution >= 4 is 74.5 Å². The highest BCUT2D eigenvalue weighted by Gasteiger charge is 2.21. The molecule has 0 aliphatic heterocycles. The smallest absolute Gasteiger partial charge is 0.0441 e. The summed E-state index contributed by atoms with van der Waals surface area (Å²) < 4.78 is 4.08. The van der Waals surface area contributed by atoms with Gasteiger partial charge >= 0.3 is 0 Å². The zero-order valence-corrected chi connectivity index (χ0v) is 21.0. The molecule has 2 aromatic heterocycles. The second-order valence-corrected chi connectivity index (χ2v) is 11.3.